The van der Waals surface area contributed by atoms with Crippen molar-refractivity contribution < 1.29 is 9.90 Å². The molecule has 1 aliphatic carbocycles. The first kappa shape index (κ1) is 14.8. The molecule has 0 aliphatic heterocycles. The van der Waals surface area contributed by atoms with Crippen LogP contribution in [0.3, 0.4) is 0 Å². The van der Waals surface area contributed by atoms with Gasteiger partial charge in [-0.3, -0.25) is 0 Å². The summed E-state index contributed by atoms with van der Waals surface area (Å²) in [5.74, 6) is -0.937. The largest absolute Gasteiger partial charge is 0.478 e. The maximum absolute atomic E-state index is 11.5. The van der Waals surface area contributed by atoms with Gasteiger partial charge in [-0.25, -0.2) is 9.78 Å². The molecule has 1 N–H and O–H groups in total. The van der Waals surface area contributed by atoms with Crippen LogP contribution < -0.4 is 0 Å². The molecule has 0 bridgehead atoms. The highest BCUT2D eigenvalue weighted by molar-refractivity contribution is 8.03. The normalized spacial score (nSPS) is 14.0. The van der Waals surface area contributed by atoms with Gasteiger partial charge in [-0.15, -0.1) is 10.2 Å². The molecule has 0 atom stereocenters. The van der Waals surface area contributed by atoms with Gasteiger partial charge in [0.25, 0.3) is 0 Å². The number of carboxylic acids is 1. The Morgan fingerprint density at radius 2 is 2.05 bits per heavy atom. The van der Waals surface area contributed by atoms with Crippen LogP contribution in [-0.4, -0.2) is 32.5 Å². The molecule has 0 spiro atoms. The highest BCUT2D eigenvalue weighted by Crippen LogP contribution is 2.35. The highest BCUT2D eigenvalue weighted by atomic mass is 32.2. The third-order valence-electron chi connectivity index (χ3n) is 3.24. The lowest BCUT2D eigenvalue weighted by molar-refractivity contribution is 0.0692. The molecule has 2 aromatic heterocycles. The SMILES string of the molecule is CSc1nnc(Sc2nc3c(cc2C(=O)O)CCCC3)s1. The molecule has 0 amide bonds. The molecule has 3 rings (SSSR count). The van der Waals surface area contributed by atoms with Crippen molar-refractivity contribution in [2.45, 2.75) is 39.4 Å². The van der Waals surface area contributed by atoms with Crippen LogP contribution in [0.4, 0.5) is 0 Å². The van der Waals surface area contributed by atoms with E-state index < -0.39 is 5.97 Å². The predicted molar refractivity (Wildman–Crippen MR) is 83.7 cm³/mol. The number of aryl methyl sites for hydroxylation is 2. The van der Waals surface area contributed by atoms with Gasteiger partial charge in [0.2, 0.25) is 0 Å². The summed E-state index contributed by atoms with van der Waals surface area (Å²) in [6.45, 7) is 0. The monoisotopic (exact) mass is 339 g/mol. The Balaban J connectivity index is 1.97. The smallest absolute Gasteiger partial charge is 0.338 e. The number of fused-ring (bicyclic) bond motifs is 1. The summed E-state index contributed by atoms with van der Waals surface area (Å²) in [7, 11) is 0. The van der Waals surface area contributed by atoms with Crippen molar-refractivity contribution in [2.75, 3.05) is 6.26 Å². The van der Waals surface area contributed by atoms with Crippen LogP contribution in [0, 0.1) is 0 Å². The summed E-state index contributed by atoms with van der Waals surface area (Å²) in [4.78, 5) is 16.0. The number of hydrogen-bond acceptors (Lipinski definition) is 7. The summed E-state index contributed by atoms with van der Waals surface area (Å²) >= 11 is 4.28. The van der Waals surface area contributed by atoms with Crippen LogP contribution in [0.5, 0.6) is 0 Å². The number of aromatic carboxylic acids is 1. The molecule has 5 nitrogen and oxygen atoms in total. The van der Waals surface area contributed by atoms with Crippen LogP contribution in [0.25, 0.3) is 0 Å². The van der Waals surface area contributed by atoms with Crippen molar-refractivity contribution >= 4 is 40.8 Å². The Bertz CT molecular complexity index is 687. The van der Waals surface area contributed by atoms with Crippen LogP contribution >= 0.6 is 34.9 Å². The quantitative estimate of drug-likeness (QED) is 0.856. The first-order valence-corrected chi connectivity index (χ1v) is 9.34. The van der Waals surface area contributed by atoms with E-state index in [9.17, 15) is 9.90 Å². The standard InChI is InChI=1S/C13H13N3O2S3/c1-19-12-15-16-13(21-12)20-10-8(11(17)18)6-7-4-2-3-5-9(7)14-10/h6H,2-5H2,1H3,(H,17,18). The molecular weight excluding hydrogens is 326 g/mol. The molecule has 0 aromatic carbocycles. The third kappa shape index (κ3) is 3.22. The molecule has 0 unspecified atom stereocenters. The van der Waals surface area contributed by atoms with E-state index in [4.69, 9.17) is 0 Å². The number of nitrogens with zero attached hydrogens (tertiary/aromatic N) is 3. The van der Waals surface area contributed by atoms with Gasteiger partial charge in [-0.1, -0.05) is 23.1 Å². The van der Waals surface area contributed by atoms with Gasteiger partial charge in [-0.2, -0.15) is 0 Å². The second-order valence-corrected chi connectivity index (χ2v) is 7.87. The van der Waals surface area contributed by atoms with E-state index >= 15 is 0 Å². The molecule has 21 heavy (non-hydrogen) atoms. The molecule has 110 valence electrons. The summed E-state index contributed by atoms with van der Waals surface area (Å²) < 4.78 is 1.59. The van der Waals surface area contributed by atoms with Crippen molar-refractivity contribution in [1.29, 1.82) is 0 Å². The fourth-order valence-corrected chi connectivity index (χ4v) is 4.71. The third-order valence-corrected chi connectivity index (χ3v) is 6.20. The Morgan fingerprint density at radius 1 is 1.29 bits per heavy atom. The van der Waals surface area contributed by atoms with Crippen LogP contribution in [-0.2, 0) is 12.8 Å². The number of pyridine rings is 1. The maximum Gasteiger partial charge on any atom is 0.338 e. The van der Waals surface area contributed by atoms with E-state index in [2.05, 4.69) is 15.2 Å². The zero-order chi connectivity index (χ0) is 14.8. The van der Waals surface area contributed by atoms with Gasteiger partial charge in [0, 0.05) is 5.69 Å². The van der Waals surface area contributed by atoms with Crippen LogP contribution in [0.1, 0.15) is 34.5 Å². The van der Waals surface area contributed by atoms with Crippen molar-refractivity contribution in [1.82, 2.24) is 15.2 Å². The van der Waals surface area contributed by atoms with Gasteiger partial charge < -0.3 is 5.11 Å². The minimum absolute atomic E-state index is 0.265. The number of thioether (sulfide) groups is 1. The fraction of sp³-hybridized carbons (Fsp3) is 0.385. The van der Waals surface area contributed by atoms with E-state index in [0.29, 0.717) is 5.03 Å². The number of rotatable bonds is 4. The van der Waals surface area contributed by atoms with Gasteiger partial charge in [-0.05, 0) is 55.3 Å². The number of aromatic nitrogens is 3. The molecule has 0 saturated heterocycles. The summed E-state index contributed by atoms with van der Waals surface area (Å²) in [6, 6.07) is 1.78. The summed E-state index contributed by atoms with van der Waals surface area (Å²) in [5.41, 5.74) is 2.37. The topological polar surface area (TPSA) is 76.0 Å². The molecule has 1 aliphatic rings. The van der Waals surface area contributed by atoms with Crippen LogP contribution in [0.2, 0.25) is 0 Å². The maximum atomic E-state index is 11.5. The number of carboxylic acid groups (broad SMARTS) is 1. The van der Waals surface area contributed by atoms with Gasteiger partial charge >= 0.3 is 5.97 Å². The minimum atomic E-state index is -0.937. The Kier molecular flexibility index (Phi) is 4.46. The van der Waals surface area contributed by atoms with Crippen LogP contribution in [0.15, 0.2) is 19.8 Å². The Hall–Kier alpha value is -1.12. The summed E-state index contributed by atoms with van der Waals surface area (Å²) in [5, 5.41) is 18.0. The molecule has 0 saturated carbocycles. The van der Waals surface area contributed by atoms with E-state index in [0.717, 1.165) is 45.6 Å². The Morgan fingerprint density at radius 3 is 2.76 bits per heavy atom. The molecule has 0 radical (unpaired) electrons. The van der Waals surface area contributed by atoms with E-state index in [1.165, 1.54) is 34.9 Å². The second-order valence-electron chi connectivity index (χ2n) is 4.60. The number of hydrogen-bond donors (Lipinski definition) is 1. The predicted octanol–water partition coefficient (Wildman–Crippen LogP) is 3.38. The summed E-state index contributed by atoms with van der Waals surface area (Å²) in [6.07, 6.45) is 6.01. The van der Waals surface area contributed by atoms with E-state index in [1.54, 1.807) is 6.07 Å². The molecule has 8 heteroatoms. The first-order chi connectivity index (χ1) is 10.2. The number of carbonyl (C=O) groups is 1. The van der Waals surface area contributed by atoms with Crippen molar-refractivity contribution in [3.8, 4) is 0 Å². The van der Waals surface area contributed by atoms with Gasteiger partial charge in [0.15, 0.2) is 8.68 Å². The van der Waals surface area contributed by atoms with Crippen molar-refractivity contribution in [3.05, 3.63) is 22.9 Å². The Labute approximate surface area is 134 Å². The van der Waals surface area contributed by atoms with Crippen molar-refractivity contribution in [3.63, 3.8) is 0 Å². The molecule has 0 fully saturated rings. The van der Waals surface area contributed by atoms with Gasteiger partial charge in [0.1, 0.15) is 5.03 Å². The van der Waals surface area contributed by atoms with Crippen molar-refractivity contribution in [2.24, 2.45) is 0 Å². The first-order valence-electron chi connectivity index (χ1n) is 6.49. The lowest BCUT2D eigenvalue weighted by Gasteiger charge is -2.16. The lowest BCUT2D eigenvalue weighted by atomic mass is 9.95. The van der Waals surface area contributed by atoms with E-state index in [1.807, 2.05) is 6.26 Å². The highest BCUT2D eigenvalue weighted by Gasteiger charge is 2.20. The fourth-order valence-electron chi connectivity index (χ4n) is 2.25. The second kappa shape index (κ2) is 6.33. The van der Waals surface area contributed by atoms with E-state index in [-0.39, 0.29) is 5.56 Å². The molecular formula is C13H13N3O2S3. The van der Waals surface area contributed by atoms with Gasteiger partial charge in [0.05, 0.1) is 5.56 Å². The lowest BCUT2D eigenvalue weighted by Crippen LogP contribution is -2.10. The average Bonchev–Trinajstić information content (AvgIpc) is 2.94. The average molecular weight is 339 g/mol. The minimum Gasteiger partial charge on any atom is -0.478 e. The molecule has 2 aromatic rings. The molecule has 2 heterocycles. The zero-order valence-electron chi connectivity index (χ0n) is 11.3. The zero-order valence-corrected chi connectivity index (χ0v) is 13.8.